The number of carbonyl (C=O) groups excluding carboxylic acids is 1. The molecule has 0 saturated carbocycles. The Hall–Kier alpha value is -2.12. The van der Waals surface area contributed by atoms with Crippen LogP contribution in [0.3, 0.4) is 0 Å². The number of amides is 2. The summed E-state index contributed by atoms with van der Waals surface area (Å²) >= 11 is 0. The highest BCUT2D eigenvalue weighted by Crippen LogP contribution is 2.18. The molecular weight excluding hydrogens is 318 g/mol. The van der Waals surface area contributed by atoms with Gasteiger partial charge in [0.1, 0.15) is 0 Å². The zero-order valence-corrected chi connectivity index (χ0v) is 15.0. The van der Waals surface area contributed by atoms with Crippen LogP contribution in [0, 0.1) is 5.92 Å². The topological polar surface area (TPSA) is 71.4 Å². The van der Waals surface area contributed by atoms with Gasteiger partial charge in [-0.3, -0.25) is 0 Å². The van der Waals surface area contributed by atoms with Crippen molar-refractivity contribution in [2.75, 3.05) is 45.2 Å². The summed E-state index contributed by atoms with van der Waals surface area (Å²) in [6.45, 7) is 4.74. The molecule has 7 nitrogen and oxygen atoms in total. The fraction of sp³-hybridized carbons (Fsp3) is 0.556. The molecule has 2 heterocycles. The van der Waals surface area contributed by atoms with Gasteiger partial charge in [0, 0.05) is 46.1 Å². The number of aryl methyl sites for hydroxylation is 1. The molecule has 1 atom stereocenters. The van der Waals surface area contributed by atoms with Crippen LogP contribution in [0.1, 0.15) is 12.8 Å². The Morgan fingerprint density at radius 1 is 1.44 bits per heavy atom. The van der Waals surface area contributed by atoms with Crippen LogP contribution in [0.25, 0.3) is 11.0 Å². The molecule has 1 aliphatic heterocycles. The van der Waals surface area contributed by atoms with Crippen LogP contribution in [-0.4, -0.2) is 60.4 Å². The Morgan fingerprint density at radius 2 is 2.32 bits per heavy atom. The number of urea groups is 1. The molecule has 1 aromatic carbocycles. The molecule has 0 unspecified atom stereocenters. The monoisotopic (exact) mass is 345 g/mol. The van der Waals surface area contributed by atoms with E-state index in [9.17, 15) is 4.79 Å². The summed E-state index contributed by atoms with van der Waals surface area (Å²) in [5.41, 5.74) is 2.70. The molecular formula is C18H27N5O2. The van der Waals surface area contributed by atoms with E-state index in [4.69, 9.17) is 4.74 Å². The van der Waals surface area contributed by atoms with Crippen LogP contribution in [0.4, 0.5) is 10.5 Å². The highest BCUT2D eigenvalue weighted by Gasteiger charge is 2.22. The number of benzene rings is 1. The van der Waals surface area contributed by atoms with Crippen molar-refractivity contribution in [2.24, 2.45) is 13.0 Å². The minimum Gasteiger partial charge on any atom is -0.385 e. The number of methoxy groups -OCH3 is 1. The molecule has 1 aromatic heterocycles. The van der Waals surface area contributed by atoms with E-state index in [1.165, 1.54) is 0 Å². The molecule has 0 aliphatic carbocycles. The van der Waals surface area contributed by atoms with Crippen LogP contribution in [0.15, 0.2) is 24.5 Å². The summed E-state index contributed by atoms with van der Waals surface area (Å²) in [5.74, 6) is 0.521. The molecule has 1 saturated heterocycles. The second kappa shape index (κ2) is 8.31. The van der Waals surface area contributed by atoms with E-state index in [1.54, 1.807) is 13.4 Å². The van der Waals surface area contributed by atoms with Gasteiger partial charge in [0.25, 0.3) is 0 Å². The fourth-order valence-electron chi connectivity index (χ4n) is 3.33. The first-order valence-electron chi connectivity index (χ1n) is 8.83. The molecule has 7 heteroatoms. The number of rotatable bonds is 7. The van der Waals surface area contributed by atoms with Crippen LogP contribution in [0.5, 0.6) is 0 Å². The van der Waals surface area contributed by atoms with E-state index in [1.807, 2.05) is 29.8 Å². The molecule has 0 spiro atoms. The first-order chi connectivity index (χ1) is 12.2. The average Bonchev–Trinajstić information content (AvgIpc) is 3.21. The van der Waals surface area contributed by atoms with Gasteiger partial charge in [-0.2, -0.15) is 0 Å². The Kier molecular flexibility index (Phi) is 5.88. The van der Waals surface area contributed by atoms with Crippen molar-refractivity contribution < 1.29 is 9.53 Å². The Morgan fingerprint density at radius 3 is 3.16 bits per heavy atom. The van der Waals surface area contributed by atoms with Crippen LogP contribution >= 0.6 is 0 Å². The van der Waals surface area contributed by atoms with Crippen molar-refractivity contribution in [3.05, 3.63) is 24.5 Å². The standard InChI is InChI=1S/C18H27N5O2/c1-22-13-20-16-5-4-15(10-17(16)22)21-18(24)19-11-14-6-8-23(12-14)7-3-9-25-2/h4-5,10,13-14H,3,6-9,11-12H2,1-2H3,(H2,19,21,24)/t14-/m1/s1. The molecule has 2 N–H and O–H groups in total. The summed E-state index contributed by atoms with van der Waals surface area (Å²) < 4.78 is 7.04. The van der Waals surface area contributed by atoms with Crippen LogP contribution < -0.4 is 10.6 Å². The molecule has 0 radical (unpaired) electrons. The highest BCUT2D eigenvalue weighted by atomic mass is 16.5. The van der Waals surface area contributed by atoms with E-state index < -0.39 is 0 Å². The van der Waals surface area contributed by atoms with Crippen LogP contribution in [-0.2, 0) is 11.8 Å². The molecule has 136 valence electrons. The van der Waals surface area contributed by atoms with Crippen molar-refractivity contribution in [3.63, 3.8) is 0 Å². The minimum atomic E-state index is -0.153. The Balaban J connectivity index is 1.42. The zero-order valence-electron chi connectivity index (χ0n) is 15.0. The van der Waals surface area contributed by atoms with Crippen molar-refractivity contribution in [1.29, 1.82) is 0 Å². The Labute approximate surface area is 148 Å². The minimum absolute atomic E-state index is 0.153. The normalized spacial score (nSPS) is 17.9. The number of nitrogens with one attached hydrogen (secondary N) is 2. The van der Waals surface area contributed by atoms with Crippen LogP contribution in [0.2, 0.25) is 0 Å². The summed E-state index contributed by atoms with van der Waals surface area (Å²) in [5, 5.41) is 5.90. The third-order valence-electron chi connectivity index (χ3n) is 4.73. The number of carbonyl (C=O) groups is 1. The van der Waals surface area contributed by atoms with Gasteiger partial charge in [-0.25, -0.2) is 9.78 Å². The molecule has 1 fully saturated rings. The highest BCUT2D eigenvalue weighted by molar-refractivity contribution is 5.91. The van der Waals surface area contributed by atoms with E-state index in [0.29, 0.717) is 12.5 Å². The number of imidazole rings is 1. The predicted octanol–water partition coefficient (Wildman–Crippen LogP) is 2.05. The lowest BCUT2D eigenvalue weighted by Crippen LogP contribution is -2.34. The summed E-state index contributed by atoms with van der Waals surface area (Å²) in [4.78, 5) is 18.9. The van der Waals surface area contributed by atoms with Gasteiger partial charge in [0.05, 0.1) is 17.4 Å². The zero-order chi connectivity index (χ0) is 17.6. The summed E-state index contributed by atoms with van der Waals surface area (Å²) in [7, 11) is 3.68. The first-order valence-corrected chi connectivity index (χ1v) is 8.83. The lowest BCUT2D eigenvalue weighted by Gasteiger charge is -2.16. The number of hydrogen-bond acceptors (Lipinski definition) is 4. The van der Waals surface area contributed by atoms with E-state index in [-0.39, 0.29) is 6.03 Å². The number of fused-ring (bicyclic) bond motifs is 1. The third-order valence-corrected chi connectivity index (χ3v) is 4.73. The largest absolute Gasteiger partial charge is 0.385 e. The maximum Gasteiger partial charge on any atom is 0.319 e. The predicted molar refractivity (Wildman–Crippen MR) is 98.8 cm³/mol. The van der Waals surface area contributed by atoms with Gasteiger partial charge in [0.15, 0.2) is 0 Å². The second-order valence-corrected chi connectivity index (χ2v) is 6.70. The number of nitrogens with zero attached hydrogens (tertiary/aromatic N) is 3. The number of anilines is 1. The fourth-order valence-corrected chi connectivity index (χ4v) is 3.33. The number of ether oxygens (including phenoxy) is 1. The van der Waals surface area contributed by atoms with E-state index >= 15 is 0 Å². The quantitative estimate of drug-likeness (QED) is 0.754. The Bertz CT molecular complexity index is 715. The SMILES string of the molecule is COCCCN1CC[C@H](CNC(=O)Nc2ccc3ncn(C)c3c2)C1. The summed E-state index contributed by atoms with van der Waals surface area (Å²) in [6, 6.07) is 5.58. The second-order valence-electron chi connectivity index (χ2n) is 6.70. The van der Waals surface area contributed by atoms with Gasteiger partial charge >= 0.3 is 6.03 Å². The van der Waals surface area contributed by atoms with Crippen molar-refractivity contribution in [3.8, 4) is 0 Å². The van der Waals surface area contributed by atoms with Crippen molar-refractivity contribution in [2.45, 2.75) is 12.8 Å². The lowest BCUT2D eigenvalue weighted by atomic mass is 10.1. The molecule has 3 rings (SSSR count). The average molecular weight is 345 g/mol. The maximum absolute atomic E-state index is 12.1. The van der Waals surface area contributed by atoms with E-state index in [2.05, 4.69) is 20.5 Å². The van der Waals surface area contributed by atoms with E-state index in [0.717, 1.165) is 55.8 Å². The van der Waals surface area contributed by atoms with Crippen molar-refractivity contribution >= 4 is 22.8 Å². The first kappa shape index (κ1) is 17.7. The van der Waals surface area contributed by atoms with Gasteiger partial charge in [-0.15, -0.1) is 0 Å². The lowest BCUT2D eigenvalue weighted by molar-refractivity contribution is 0.178. The third kappa shape index (κ3) is 4.70. The number of aromatic nitrogens is 2. The smallest absolute Gasteiger partial charge is 0.319 e. The van der Waals surface area contributed by atoms with Gasteiger partial charge in [-0.05, 0) is 43.5 Å². The maximum atomic E-state index is 12.1. The molecule has 25 heavy (non-hydrogen) atoms. The van der Waals surface area contributed by atoms with Gasteiger partial charge in [-0.1, -0.05) is 0 Å². The number of likely N-dealkylation sites (tertiary alicyclic amines) is 1. The number of hydrogen-bond donors (Lipinski definition) is 2. The molecule has 1 aliphatic rings. The van der Waals surface area contributed by atoms with Gasteiger partial charge < -0.3 is 24.8 Å². The molecule has 0 bridgehead atoms. The molecule has 2 aromatic rings. The molecule has 2 amide bonds. The van der Waals surface area contributed by atoms with Gasteiger partial charge in [0.2, 0.25) is 0 Å². The summed E-state index contributed by atoms with van der Waals surface area (Å²) in [6.07, 6.45) is 3.97. The van der Waals surface area contributed by atoms with Crippen molar-refractivity contribution in [1.82, 2.24) is 19.8 Å².